The van der Waals surface area contributed by atoms with Crippen molar-refractivity contribution < 1.29 is 9.53 Å². The number of nitrogens with one attached hydrogen (secondary N) is 1. The number of ether oxygens (including phenoxy) is 1. The number of nitrogens with zero attached hydrogens (tertiary/aromatic N) is 1. The lowest BCUT2D eigenvalue weighted by Gasteiger charge is -2.16. The Hall–Kier alpha value is -2.50. The zero-order valence-electron chi connectivity index (χ0n) is 14.7. The Kier molecular flexibility index (Phi) is 6.52. The Labute approximate surface area is 157 Å². The highest BCUT2D eigenvalue weighted by Crippen LogP contribution is 2.16. The maximum atomic E-state index is 12.2. The monoisotopic (exact) mass is 366 g/mol. The van der Waals surface area contributed by atoms with E-state index in [1.807, 2.05) is 53.9 Å². The second kappa shape index (κ2) is 9.27. The number of carbonyl (C=O) groups excluding carboxylic acids is 1. The van der Waals surface area contributed by atoms with Crippen LogP contribution in [0.25, 0.3) is 0 Å². The fraction of sp³-hybridized carbons (Fsp3) is 0.238. The Bertz CT molecular complexity index is 818. The van der Waals surface area contributed by atoms with E-state index >= 15 is 0 Å². The molecule has 1 N–H and O–H groups in total. The fourth-order valence-electron chi connectivity index (χ4n) is 2.72. The molecule has 1 unspecified atom stereocenters. The molecule has 1 atom stereocenters. The summed E-state index contributed by atoms with van der Waals surface area (Å²) in [6.45, 7) is 0.445. The topological polar surface area (TPSA) is 51.2 Å². The molecule has 134 valence electrons. The average molecular weight is 366 g/mol. The van der Waals surface area contributed by atoms with Crippen molar-refractivity contribution in [2.75, 3.05) is 13.7 Å². The van der Waals surface area contributed by atoms with Gasteiger partial charge in [0.05, 0.1) is 23.2 Å². The van der Waals surface area contributed by atoms with Crippen LogP contribution in [0.1, 0.15) is 27.9 Å². The van der Waals surface area contributed by atoms with Gasteiger partial charge in [-0.25, -0.2) is 4.98 Å². The minimum atomic E-state index is -0.149. The van der Waals surface area contributed by atoms with Crippen LogP contribution in [0.2, 0.25) is 0 Å². The molecule has 0 aliphatic carbocycles. The van der Waals surface area contributed by atoms with Crippen molar-refractivity contribution in [2.45, 2.75) is 18.9 Å². The summed E-state index contributed by atoms with van der Waals surface area (Å²) in [6, 6.07) is 20.1. The van der Waals surface area contributed by atoms with Crippen LogP contribution in [0.5, 0.6) is 0 Å². The highest BCUT2D eigenvalue weighted by atomic mass is 32.1. The van der Waals surface area contributed by atoms with Gasteiger partial charge in [0.25, 0.3) is 0 Å². The van der Waals surface area contributed by atoms with Gasteiger partial charge in [0.2, 0.25) is 5.91 Å². The highest BCUT2D eigenvalue weighted by molar-refractivity contribution is 7.09. The lowest BCUT2D eigenvalue weighted by molar-refractivity contribution is -0.121. The summed E-state index contributed by atoms with van der Waals surface area (Å²) in [7, 11) is 1.65. The molecule has 0 radical (unpaired) electrons. The molecular weight excluding hydrogens is 344 g/mol. The van der Waals surface area contributed by atoms with Crippen LogP contribution in [0.15, 0.2) is 66.0 Å². The van der Waals surface area contributed by atoms with Crippen LogP contribution < -0.4 is 5.32 Å². The molecule has 0 aliphatic heterocycles. The first-order valence-electron chi connectivity index (χ1n) is 8.56. The van der Waals surface area contributed by atoms with Gasteiger partial charge in [-0.15, -0.1) is 11.3 Å². The number of carbonyl (C=O) groups is 1. The standard InChI is InChI=1S/C21H22N2O2S/c1-25-19(17-10-6-3-7-11-17)14-22-20(24)13-18-15-26-21(23-18)12-16-8-4-2-5-9-16/h2-11,15,19H,12-14H2,1H3,(H,22,24). The minimum absolute atomic E-state index is 0.0421. The fourth-order valence-corrected chi connectivity index (χ4v) is 3.55. The number of amides is 1. The van der Waals surface area contributed by atoms with Crippen molar-refractivity contribution in [3.8, 4) is 0 Å². The van der Waals surface area contributed by atoms with Crippen molar-refractivity contribution in [1.82, 2.24) is 10.3 Å². The average Bonchev–Trinajstić information content (AvgIpc) is 3.10. The molecule has 3 rings (SSSR count). The van der Waals surface area contributed by atoms with E-state index in [0.717, 1.165) is 22.7 Å². The highest BCUT2D eigenvalue weighted by Gasteiger charge is 2.13. The first-order chi connectivity index (χ1) is 12.7. The van der Waals surface area contributed by atoms with Crippen LogP contribution in [-0.4, -0.2) is 24.5 Å². The summed E-state index contributed by atoms with van der Waals surface area (Å²) in [4.78, 5) is 16.8. The molecule has 2 aromatic carbocycles. The lowest BCUT2D eigenvalue weighted by atomic mass is 10.1. The van der Waals surface area contributed by atoms with Gasteiger partial charge in [0, 0.05) is 25.5 Å². The Morgan fingerprint density at radius 1 is 1.12 bits per heavy atom. The number of hydrogen-bond donors (Lipinski definition) is 1. The second-order valence-electron chi connectivity index (χ2n) is 6.01. The quantitative estimate of drug-likeness (QED) is 0.660. The summed E-state index contributed by atoms with van der Waals surface area (Å²) in [5, 5.41) is 5.93. The normalized spacial score (nSPS) is 11.9. The molecule has 1 heterocycles. The summed E-state index contributed by atoms with van der Waals surface area (Å²) >= 11 is 1.60. The summed E-state index contributed by atoms with van der Waals surface area (Å²) in [5.41, 5.74) is 3.09. The van der Waals surface area contributed by atoms with E-state index < -0.39 is 0 Å². The maximum Gasteiger partial charge on any atom is 0.226 e. The van der Waals surface area contributed by atoms with Crippen molar-refractivity contribution in [3.63, 3.8) is 0 Å². The smallest absolute Gasteiger partial charge is 0.226 e. The van der Waals surface area contributed by atoms with E-state index in [0.29, 0.717) is 6.54 Å². The number of hydrogen-bond acceptors (Lipinski definition) is 4. The number of methoxy groups -OCH3 is 1. The molecule has 1 amide bonds. The van der Waals surface area contributed by atoms with Gasteiger partial charge in [0.1, 0.15) is 0 Å². The van der Waals surface area contributed by atoms with Crippen LogP contribution in [-0.2, 0) is 22.4 Å². The Morgan fingerprint density at radius 2 is 1.81 bits per heavy atom. The second-order valence-corrected chi connectivity index (χ2v) is 6.95. The number of aromatic nitrogens is 1. The van der Waals surface area contributed by atoms with E-state index in [4.69, 9.17) is 4.74 Å². The predicted octanol–water partition coefficient (Wildman–Crippen LogP) is 3.78. The molecule has 0 spiro atoms. The molecule has 0 saturated carbocycles. The number of rotatable bonds is 8. The minimum Gasteiger partial charge on any atom is -0.375 e. The Morgan fingerprint density at radius 3 is 2.50 bits per heavy atom. The molecule has 26 heavy (non-hydrogen) atoms. The van der Waals surface area contributed by atoms with E-state index in [1.54, 1.807) is 18.4 Å². The van der Waals surface area contributed by atoms with Crippen LogP contribution >= 0.6 is 11.3 Å². The van der Waals surface area contributed by atoms with E-state index in [2.05, 4.69) is 22.4 Å². The van der Waals surface area contributed by atoms with Crippen molar-refractivity contribution in [3.05, 3.63) is 87.9 Å². The zero-order valence-corrected chi connectivity index (χ0v) is 15.5. The maximum absolute atomic E-state index is 12.2. The van der Waals surface area contributed by atoms with E-state index in [-0.39, 0.29) is 18.4 Å². The molecule has 3 aromatic rings. The van der Waals surface area contributed by atoms with Gasteiger partial charge >= 0.3 is 0 Å². The van der Waals surface area contributed by atoms with E-state index in [9.17, 15) is 4.79 Å². The first-order valence-corrected chi connectivity index (χ1v) is 9.44. The predicted molar refractivity (Wildman–Crippen MR) is 104 cm³/mol. The van der Waals surface area contributed by atoms with Gasteiger partial charge in [0.15, 0.2) is 0 Å². The SMILES string of the molecule is COC(CNC(=O)Cc1csc(Cc2ccccc2)n1)c1ccccc1. The summed E-state index contributed by atoms with van der Waals surface area (Å²) in [6.07, 6.45) is 0.938. The van der Waals surface area contributed by atoms with Crippen molar-refractivity contribution >= 4 is 17.2 Å². The molecule has 1 aromatic heterocycles. The van der Waals surface area contributed by atoms with Crippen molar-refractivity contribution in [2.24, 2.45) is 0 Å². The number of benzene rings is 2. The summed E-state index contributed by atoms with van der Waals surface area (Å²) < 4.78 is 5.48. The van der Waals surface area contributed by atoms with Crippen LogP contribution in [0.4, 0.5) is 0 Å². The molecular formula is C21H22N2O2S. The molecule has 5 heteroatoms. The van der Waals surface area contributed by atoms with Crippen molar-refractivity contribution in [1.29, 1.82) is 0 Å². The lowest BCUT2D eigenvalue weighted by Crippen LogP contribution is -2.30. The molecule has 0 aliphatic rings. The number of thiazole rings is 1. The first kappa shape index (κ1) is 18.3. The largest absolute Gasteiger partial charge is 0.375 e. The third kappa shape index (κ3) is 5.25. The van der Waals surface area contributed by atoms with Gasteiger partial charge in [-0.05, 0) is 11.1 Å². The van der Waals surface area contributed by atoms with Crippen LogP contribution in [0.3, 0.4) is 0 Å². The molecule has 0 fully saturated rings. The van der Waals surface area contributed by atoms with Gasteiger partial charge in [-0.2, -0.15) is 0 Å². The van der Waals surface area contributed by atoms with Crippen LogP contribution in [0, 0.1) is 0 Å². The molecule has 0 bridgehead atoms. The van der Waals surface area contributed by atoms with E-state index in [1.165, 1.54) is 5.56 Å². The van der Waals surface area contributed by atoms with Gasteiger partial charge in [-0.3, -0.25) is 4.79 Å². The molecule has 0 saturated heterocycles. The zero-order chi connectivity index (χ0) is 18.2. The third-order valence-electron chi connectivity index (χ3n) is 4.08. The molecule has 4 nitrogen and oxygen atoms in total. The van der Waals surface area contributed by atoms with Gasteiger partial charge < -0.3 is 10.1 Å². The summed E-state index contributed by atoms with van der Waals surface area (Å²) in [5.74, 6) is -0.0421. The third-order valence-corrected chi connectivity index (χ3v) is 4.98. The van der Waals surface area contributed by atoms with Gasteiger partial charge in [-0.1, -0.05) is 60.7 Å². The Balaban J connectivity index is 1.50.